The number of pyridine rings is 1. The van der Waals surface area contributed by atoms with Gasteiger partial charge in [-0.2, -0.15) is 0 Å². The van der Waals surface area contributed by atoms with Crippen LogP contribution in [0.3, 0.4) is 0 Å². The molecule has 5 heteroatoms. The number of rotatable bonds is 6. The Morgan fingerprint density at radius 3 is 2.53 bits per heavy atom. The molecule has 0 fully saturated rings. The lowest BCUT2D eigenvalue weighted by Crippen LogP contribution is -2.36. The summed E-state index contributed by atoms with van der Waals surface area (Å²) in [6, 6.07) is 3.70. The first-order chi connectivity index (χ1) is 9.04. The zero-order chi connectivity index (χ0) is 14.4. The standard InChI is InChI=1S/C14H22ClN3O/c1-5-10(6-2)18(4)14(19)13-11(15)8-9-12(17-13)16-7-3/h8-10H,5-7H2,1-4H3,(H,16,17). The predicted molar refractivity (Wildman–Crippen MR) is 79.9 cm³/mol. The first-order valence-corrected chi connectivity index (χ1v) is 7.10. The van der Waals surface area contributed by atoms with E-state index in [1.807, 2.05) is 6.92 Å². The molecule has 106 valence electrons. The molecule has 0 spiro atoms. The second-order valence-corrected chi connectivity index (χ2v) is 4.85. The molecular weight excluding hydrogens is 262 g/mol. The van der Waals surface area contributed by atoms with Crippen LogP contribution in [0.1, 0.15) is 44.1 Å². The molecular formula is C14H22ClN3O. The van der Waals surface area contributed by atoms with Crippen LogP contribution in [0.4, 0.5) is 5.82 Å². The van der Waals surface area contributed by atoms with Gasteiger partial charge in [-0.25, -0.2) is 4.98 Å². The lowest BCUT2D eigenvalue weighted by molar-refractivity contribution is 0.0718. The normalized spacial score (nSPS) is 10.6. The summed E-state index contributed by atoms with van der Waals surface area (Å²) in [5.41, 5.74) is 0.314. The third-order valence-electron chi connectivity index (χ3n) is 3.22. The van der Waals surface area contributed by atoms with Crippen LogP contribution in [0, 0.1) is 0 Å². The van der Waals surface area contributed by atoms with Crippen molar-refractivity contribution in [1.29, 1.82) is 0 Å². The molecule has 1 rings (SSSR count). The molecule has 4 nitrogen and oxygen atoms in total. The number of aromatic nitrogens is 1. The van der Waals surface area contributed by atoms with E-state index in [0.717, 1.165) is 19.4 Å². The number of hydrogen-bond donors (Lipinski definition) is 1. The van der Waals surface area contributed by atoms with E-state index in [2.05, 4.69) is 24.1 Å². The van der Waals surface area contributed by atoms with Crippen molar-refractivity contribution in [2.24, 2.45) is 0 Å². The van der Waals surface area contributed by atoms with E-state index in [-0.39, 0.29) is 11.9 Å². The van der Waals surface area contributed by atoms with E-state index in [1.165, 1.54) is 0 Å². The first-order valence-electron chi connectivity index (χ1n) is 6.72. The van der Waals surface area contributed by atoms with Gasteiger partial charge in [0.05, 0.1) is 5.02 Å². The minimum absolute atomic E-state index is 0.126. The Bertz CT molecular complexity index is 433. The summed E-state index contributed by atoms with van der Waals surface area (Å²) in [6.07, 6.45) is 1.84. The van der Waals surface area contributed by atoms with Crippen molar-refractivity contribution >= 4 is 23.3 Å². The lowest BCUT2D eigenvalue weighted by Gasteiger charge is -2.26. The third kappa shape index (κ3) is 3.83. The molecule has 1 heterocycles. The van der Waals surface area contributed by atoms with Crippen molar-refractivity contribution in [3.8, 4) is 0 Å². The van der Waals surface area contributed by atoms with Gasteiger partial charge in [0, 0.05) is 19.6 Å². The molecule has 1 aromatic heterocycles. The summed E-state index contributed by atoms with van der Waals surface area (Å²) in [6.45, 7) is 6.88. The fourth-order valence-electron chi connectivity index (χ4n) is 2.04. The van der Waals surface area contributed by atoms with Crippen LogP contribution >= 0.6 is 11.6 Å². The van der Waals surface area contributed by atoms with Gasteiger partial charge in [0.25, 0.3) is 5.91 Å². The maximum absolute atomic E-state index is 12.4. The molecule has 0 aliphatic heterocycles. The van der Waals surface area contributed by atoms with Gasteiger partial charge in [-0.15, -0.1) is 0 Å². The maximum Gasteiger partial charge on any atom is 0.274 e. The van der Waals surface area contributed by atoms with Gasteiger partial charge in [0.1, 0.15) is 11.5 Å². The average Bonchev–Trinajstić information content (AvgIpc) is 2.41. The number of hydrogen-bond acceptors (Lipinski definition) is 3. The summed E-state index contributed by atoms with van der Waals surface area (Å²) < 4.78 is 0. The molecule has 0 radical (unpaired) electrons. The van der Waals surface area contributed by atoms with E-state index in [9.17, 15) is 4.79 Å². The zero-order valence-electron chi connectivity index (χ0n) is 12.0. The van der Waals surface area contributed by atoms with Crippen LogP contribution < -0.4 is 5.32 Å². The number of carbonyl (C=O) groups excluding carboxylic acids is 1. The molecule has 0 aliphatic rings. The molecule has 0 saturated heterocycles. The summed E-state index contributed by atoms with van der Waals surface area (Å²) >= 11 is 6.09. The lowest BCUT2D eigenvalue weighted by atomic mass is 10.1. The highest BCUT2D eigenvalue weighted by atomic mass is 35.5. The molecule has 19 heavy (non-hydrogen) atoms. The Labute approximate surface area is 120 Å². The second kappa shape index (κ2) is 7.34. The molecule has 0 aliphatic carbocycles. The number of nitrogens with one attached hydrogen (secondary N) is 1. The summed E-state index contributed by atoms with van der Waals surface area (Å²) in [5.74, 6) is 0.548. The van der Waals surface area contributed by atoms with Gasteiger partial charge in [-0.3, -0.25) is 4.79 Å². The Hall–Kier alpha value is -1.29. The fraction of sp³-hybridized carbons (Fsp3) is 0.571. The molecule has 1 amide bonds. The topological polar surface area (TPSA) is 45.2 Å². The minimum Gasteiger partial charge on any atom is -0.370 e. The number of carbonyl (C=O) groups is 1. The first kappa shape index (κ1) is 15.8. The molecule has 0 unspecified atom stereocenters. The van der Waals surface area contributed by atoms with Crippen molar-refractivity contribution in [3.63, 3.8) is 0 Å². The highest BCUT2D eigenvalue weighted by molar-refractivity contribution is 6.33. The molecule has 0 bridgehead atoms. The van der Waals surface area contributed by atoms with Crippen LogP contribution in [-0.4, -0.2) is 35.4 Å². The van der Waals surface area contributed by atoms with Gasteiger partial charge in [-0.1, -0.05) is 25.4 Å². The molecule has 0 aromatic carbocycles. The molecule has 1 N–H and O–H groups in total. The summed E-state index contributed by atoms with van der Waals surface area (Å²) in [4.78, 5) is 18.5. The van der Waals surface area contributed by atoms with Crippen molar-refractivity contribution in [2.75, 3.05) is 18.9 Å². The van der Waals surface area contributed by atoms with Crippen LogP contribution in [0.15, 0.2) is 12.1 Å². The van der Waals surface area contributed by atoms with Gasteiger partial charge in [-0.05, 0) is 31.9 Å². The third-order valence-corrected chi connectivity index (χ3v) is 3.52. The van der Waals surface area contributed by atoms with E-state index in [0.29, 0.717) is 16.5 Å². The van der Waals surface area contributed by atoms with E-state index < -0.39 is 0 Å². The van der Waals surface area contributed by atoms with E-state index in [1.54, 1.807) is 24.1 Å². The molecule has 0 atom stereocenters. The van der Waals surface area contributed by atoms with E-state index >= 15 is 0 Å². The predicted octanol–water partition coefficient (Wildman–Crippen LogP) is 3.43. The number of halogens is 1. The Balaban J connectivity index is 3.00. The van der Waals surface area contributed by atoms with Gasteiger partial charge in [0.15, 0.2) is 0 Å². The van der Waals surface area contributed by atoms with Crippen molar-refractivity contribution in [2.45, 2.75) is 39.7 Å². The smallest absolute Gasteiger partial charge is 0.274 e. The largest absolute Gasteiger partial charge is 0.370 e. The monoisotopic (exact) mass is 283 g/mol. The van der Waals surface area contributed by atoms with Crippen molar-refractivity contribution in [1.82, 2.24) is 9.88 Å². The highest BCUT2D eigenvalue weighted by Gasteiger charge is 2.22. The highest BCUT2D eigenvalue weighted by Crippen LogP contribution is 2.20. The van der Waals surface area contributed by atoms with Crippen LogP contribution in [0.25, 0.3) is 0 Å². The molecule has 1 aromatic rings. The number of nitrogens with zero attached hydrogens (tertiary/aromatic N) is 2. The summed E-state index contributed by atoms with van der Waals surface area (Å²) in [5, 5.41) is 3.48. The fourth-order valence-corrected chi connectivity index (χ4v) is 2.23. The van der Waals surface area contributed by atoms with Crippen LogP contribution in [0.5, 0.6) is 0 Å². The molecule has 0 saturated carbocycles. The number of anilines is 1. The second-order valence-electron chi connectivity index (χ2n) is 4.44. The van der Waals surface area contributed by atoms with Gasteiger partial charge < -0.3 is 10.2 Å². The Morgan fingerprint density at radius 1 is 1.37 bits per heavy atom. The SMILES string of the molecule is CCNc1ccc(Cl)c(C(=O)N(C)C(CC)CC)n1. The summed E-state index contributed by atoms with van der Waals surface area (Å²) in [7, 11) is 1.80. The van der Waals surface area contributed by atoms with Gasteiger partial charge >= 0.3 is 0 Å². The minimum atomic E-state index is -0.126. The Morgan fingerprint density at radius 2 is 2.00 bits per heavy atom. The number of amides is 1. The maximum atomic E-state index is 12.4. The van der Waals surface area contributed by atoms with Crippen molar-refractivity contribution in [3.05, 3.63) is 22.8 Å². The van der Waals surface area contributed by atoms with Crippen LogP contribution in [0.2, 0.25) is 5.02 Å². The van der Waals surface area contributed by atoms with Crippen LogP contribution in [-0.2, 0) is 0 Å². The average molecular weight is 284 g/mol. The zero-order valence-corrected chi connectivity index (χ0v) is 12.8. The van der Waals surface area contributed by atoms with Crippen molar-refractivity contribution < 1.29 is 4.79 Å². The Kier molecular flexibility index (Phi) is 6.09. The quantitative estimate of drug-likeness (QED) is 0.870. The van der Waals surface area contributed by atoms with E-state index in [4.69, 9.17) is 11.6 Å². The van der Waals surface area contributed by atoms with Gasteiger partial charge in [0.2, 0.25) is 0 Å².